The molecule has 1 heterocycles. The third-order valence-electron chi connectivity index (χ3n) is 2.91. The summed E-state index contributed by atoms with van der Waals surface area (Å²) in [5.74, 6) is 3.54. The molecule has 0 radical (unpaired) electrons. The van der Waals surface area contributed by atoms with Gasteiger partial charge >= 0.3 is 0 Å². The van der Waals surface area contributed by atoms with Crippen LogP contribution in [0.5, 0.6) is 0 Å². The van der Waals surface area contributed by atoms with E-state index in [0.29, 0.717) is 18.4 Å². The molecule has 1 aromatic rings. The van der Waals surface area contributed by atoms with Gasteiger partial charge < -0.3 is 15.4 Å². The average molecular weight is 280 g/mol. The molecular formula is C15H28N4O. The Morgan fingerprint density at radius 1 is 1.10 bits per heavy atom. The lowest BCUT2D eigenvalue weighted by Gasteiger charge is -2.12. The average Bonchev–Trinajstić information content (AvgIpc) is 2.41. The highest BCUT2D eigenvalue weighted by molar-refractivity contribution is 5.47. The first-order valence-corrected chi connectivity index (χ1v) is 7.41. The molecule has 0 saturated carbocycles. The maximum atomic E-state index is 5.58. The summed E-state index contributed by atoms with van der Waals surface area (Å²) in [6, 6.07) is 1.92. The Morgan fingerprint density at radius 3 is 2.40 bits per heavy atom. The number of rotatable bonds is 9. The first kappa shape index (κ1) is 16.7. The van der Waals surface area contributed by atoms with Crippen LogP contribution in [-0.4, -0.2) is 36.8 Å². The normalized spacial score (nSPS) is 11.2. The number of aromatic nitrogens is 2. The lowest BCUT2D eigenvalue weighted by Crippen LogP contribution is -2.13. The monoisotopic (exact) mass is 280 g/mol. The first-order chi connectivity index (χ1) is 9.52. The second-order valence-corrected chi connectivity index (χ2v) is 5.62. The number of ether oxygens (including phenoxy) is 1. The van der Waals surface area contributed by atoms with Gasteiger partial charge in [0.1, 0.15) is 17.5 Å². The zero-order valence-corrected chi connectivity index (χ0v) is 13.4. The van der Waals surface area contributed by atoms with Gasteiger partial charge in [0, 0.05) is 32.2 Å². The maximum Gasteiger partial charge on any atom is 0.135 e. The Labute approximate surface area is 122 Å². The molecule has 0 aliphatic rings. The molecule has 5 heteroatoms. The van der Waals surface area contributed by atoms with Crippen LogP contribution in [0.25, 0.3) is 0 Å². The smallest absolute Gasteiger partial charge is 0.135 e. The Balaban J connectivity index is 2.41. The summed E-state index contributed by atoms with van der Waals surface area (Å²) in [5, 5.41) is 6.35. The second-order valence-electron chi connectivity index (χ2n) is 5.62. The van der Waals surface area contributed by atoms with Crippen molar-refractivity contribution in [3.05, 3.63) is 11.9 Å². The summed E-state index contributed by atoms with van der Waals surface area (Å²) in [6.45, 7) is 10.9. The lowest BCUT2D eigenvalue weighted by molar-refractivity contribution is 0.132. The highest BCUT2D eigenvalue weighted by Gasteiger charge is 2.07. The zero-order valence-electron chi connectivity index (χ0n) is 13.4. The summed E-state index contributed by atoms with van der Waals surface area (Å²) < 4.78 is 5.58. The Hall–Kier alpha value is -1.36. The highest BCUT2D eigenvalue weighted by atomic mass is 16.5. The molecule has 5 nitrogen and oxygen atoms in total. The molecule has 0 aromatic carbocycles. The minimum atomic E-state index is 0.311. The van der Waals surface area contributed by atoms with Crippen molar-refractivity contribution in [1.82, 2.24) is 9.97 Å². The van der Waals surface area contributed by atoms with Gasteiger partial charge in [-0.15, -0.1) is 0 Å². The van der Waals surface area contributed by atoms with Crippen molar-refractivity contribution in [2.75, 3.05) is 37.4 Å². The lowest BCUT2D eigenvalue weighted by atomic mass is 10.1. The van der Waals surface area contributed by atoms with Crippen molar-refractivity contribution in [3.8, 4) is 0 Å². The van der Waals surface area contributed by atoms with Crippen LogP contribution in [0.1, 0.15) is 45.9 Å². The maximum absolute atomic E-state index is 5.58. The van der Waals surface area contributed by atoms with Crippen molar-refractivity contribution in [3.63, 3.8) is 0 Å². The predicted molar refractivity (Wildman–Crippen MR) is 84.4 cm³/mol. The van der Waals surface area contributed by atoms with Crippen LogP contribution in [0.2, 0.25) is 0 Å². The minimum Gasteiger partial charge on any atom is -0.380 e. The molecule has 0 aliphatic carbocycles. The third-order valence-corrected chi connectivity index (χ3v) is 2.91. The molecule has 1 aromatic heterocycles. The fraction of sp³-hybridized carbons (Fsp3) is 0.733. The van der Waals surface area contributed by atoms with E-state index in [1.807, 2.05) is 13.1 Å². The van der Waals surface area contributed by atoms with Gasteiger partial charge in [0.2, 0.25) is 0 Å². The predicted octanol–water partition coefficient (Wildman–Crippen LogP) is 3.12. The van der Waals surface area contributed by atoms with Gasteiger partial charge in [-0.1, -0.05) is 27.7 Å². The van der Waals surface area contributed by atoms with Crippen LogP contribution in [0.3, 0.4) is 0 Å². The molecule has 1 rings (SSSR count). The Bertz CT molecular complexity index is 393. The van der Waals surface area contributed by atoms with Crippen LogP contribution in [-0.2, 0) is 4.74 Å². The van der Waals surface area contributed by atoms with E-state index in [1.54, 1.807) is 0 Å². The van der Waals surface area contributed by atoms with Crippen LogP contribution in [0.4, 0.5) is 11.6 Å². The van der Waals surface area contributed by atoms with Crippen molar-refractivity contribution in [2.45, 2.75) is 40.0 Å². The van der Waals surface area contributed by atoms with E-state index in [9.17, 15) is 0 Å². The van der Waals surface area contributed by atoms with Gasteiger partial charge in [-0.3, -0.25) is 0 Å². The molecule has 0 bridgehead atoms. The quantitative estimate of drug-likeness (QED) is 0.681. The summed E-state index contributed by atoms with van der Waals surface area (Å²) in [5.41, 5.74) is 0. The molecule has 0 fully saturated rings. The third kappa shape index (κ3) is 6.19. The standard InChI is InChI=1S/C15H28N4O/c1-11(2)6-8-20-9-7-17-14-10-13(16-5)18-15(19-14)12(3)4/h10-12H,6-9H2,1-5H3,(H2,16,17,18,19). The molecule has 114 valence electrons. The molecule has 0 saturated heterocycles. The van der Waals surface area contributed by atoms with Gasteiger partial charge in [-0.2, -0.15) is 0 Å². The number of nitrogens with one attached hydrogen (secondary N) is 2. The molecular weight excluding hydrogens is 252 g/mol. The summed E-state index contributed by atoms with van der Waals surface area (Å²) in [6.07, 6.45) is 1.11. The SMILES string of the molecule is CNc1cc(NCCOCCC(C)C)nc(C(C)C)n1. The largest absolute Gasteiger partial charge is 0.380 e. The highest BCUT2D eigenvalue weighted by Crippen LogP contribution is 2.16. The molecule has 20 heavy (non-hydrogen) atoms. The fourth-order valence-corrected chi connectivity index (χ4v) is 1.62. The molecule has 0 atom stereocenters. The number of nitrogens with zero attached hydrogens (tertiary/aromatic N) is 2. The van der Waals surface area contributed by atoms with Crippen molar-refractivity contribution < 1.29 is 4.74 Å². The topological polar surface area (TPSA) is 59.1 Å². The minimum absolute atomic E-state index is 0.311. The number of hydrogen-bond acceptors (Lipinski definition) is 5. The number of hydrogen-bond donors (Lipinski definition) is 2. The van der Waals surface area contributed by atoms with Gasteiger partial charge in [-0.05, 0) is 12.3 Å². The fourth-order valence-electron chi connectivity index (χ4n) is 1.62. The van der Waals surface area contributed by atoms with Gasteiger partial charge in [0.05, 0.1) is 6.61 Å². The first-order valence-electron chi connectivity index (χ1n) is 7.41. The Morgan fingerprint density at radius 2 is 1.80 bits per heavy atom. The van der Waals surface area contributed by atoms with Crippen LogP contribution in [0.15, 0.2) is 6.07 Å². The summed E-state index contributed by atoms with van der Waals surface area (Å²) in [4.78, 5) is 8.94. The van der Waals surface area contributed by atoms with E-state index in [0.717, 1.165) is 37.0 Å². The van der Waals surface area contributed by atoms with Crippen molar-refractivity contribution >= 4 is 11.6 Å². The molecule has 0 amide bonds. The van der Waals surface area contributed by atoms with Gasteiger partial charge in [0.15, 0.2) is 0 Å². The van der Waals surface area contributed by atoms with E-state index >= 15 is 0 Å². The van der Waals surface area contributed by atoms with Crippen molar-refractivity contribution in [2.24, 2.45) is 5.92 Å². The van der Waals surface area contributed by atoms with Crippen LogP contribution < -0.4 is 10.6 Å². The summed E-state index contributed by atoms with van der Waals surface area (Å²) >= 11 is 0. The summed E-state index contributed by atoms with van der Waals surface area (Å²) in [7, 11) is 1.87. The van der Waals surface area contributed by atoms with Gasteiger partial charge in [-0.25, -0.2) is 9.97 Å². The van der Waals surface area contributed by atoms with E-state index in [-0.39, 0.29) is 0 Å². The van der Waals surface area contributed by atoms with Crippen LogP contribution >= 0.6 is 0 Å². The second kappa shape index (κ2) is 8.74. The number of anilines is 2. The molecule has 2 N–H and O–H groups in total. The zero-order chi connectivity index (χ0) is 15.0. The van der Waals surface area contributed by atoms with Crippen molar-refractivity contribution in [1.29, 1.82) is 0 Å². The molecule has 0 unspecified atom stereocenters. The molecule has 0 aliphatic heterocycles. The van der Waals surface area contributed by atoms with E-state index in [2.05, 4.69) is 48.3 Å². The van der Waals surface area contributed by atoms with Crippen LogP contribution in [0, 0.1) is 5.92 Å². The Kier molecular flexibility index (Phi) is 7.30. The van der Waals surface area contributed by atoms with E-state index < -0.39 is 0 Å². The molecule has 0 spiro atoms. The van der Waals surface area contributed by atoms with Gasteiger partial charge in [0.25, 0.3) is 0 Å². The van der Waals surface area contributed by atoms with E-state index in [1.165, 1.54) is 0 Å². The van der Waals surface area contributed by atoms with E-state index in [4.69, 9.17) is 4.74 Å².